The van der Waals surface area contributed by atoms with Crippen LogP contribution < -0.4 is 15.2 Å². The Balaban J connectivity index is 2.11. The Morgan fingerprint density at radius 1 is 1.24 bits per heavy atom. The Labute approximate surface area is 220 Å². The van der Waals surface area contributed by atoms with Crippen LogP contribution in [0.15, 0.2) is 41.9 Å². The third-order valence-corrected chi connectivity index (χ3v) is 8.02. The lowest BCUT2D eigenvalue weighted by Gasteiger charge is -2.24. The van der Waals surface area contributed by atoms with Gasteiger partial charge in [-0.2, -0.15) is 0 Å². The number of nitrogens with two attached hydrogens (primary N) is 1. The van der Waals surface area contributed by atoms with E-state index >= 15 is 0 Å². The fraction of sp³-hybridized carbons (Fsp3) is 0.391. The Morgan fingerprint density at radius 2 is 1.92 bits per heavy atom. The first-order chi connectivity index (χ1) is 17.5. The summed E-state index contributed by atoms with van der Waals surface area (Å²) in [6.45, 7) is 6.66. The predicted octanol–water partition coefficient (Wildman–Crippen LogP) is 3.11. The monoisotopic (exact) mass is 548 g/mol. The molecule has 0 aliphatic carbocycles. The van der Waals surface area contributed by atoms with E-state index < -0.39 is 27.2 Å². The quantitative estimate of drug-likeness (QED) is 0.268. The lowest BCUT2D eigenvalue weighted by molar-refractivity contribution is -0.105. The highest BCUT2D eigenvalue weighted by atomic mass is 35.5. The van der Waals surface area contributed by atoms with Gasteiger partial charge in [-0.25, -0.2) is 23.4 Å². The van der Waals surface area contributed by atoms with Gasteiger partial charge in [0, 0.05) is 35.6 Å². The van der Waals surface area contributed by atoms with Crippen molar-refractivity contribution in [3.8, 4) is 17.4 Å². The van der Waals surface area contributed by atoms with Crippen LogP contribution in [0.25, 0.3) is 11.5 Å². The molecule has 0 amide bonds. The first-order valence-electron chi connectivity index (χ1n) is 11.4. The standard InChI is InChI=1S/C23H29ClN8O4S/c1-6-19(17(12-33)14(3)25)32-22(18-8-7-9-20(28-18)36-5)29-30-23(32)31-37(34,35)15(4)13(2)21-26-10-16(24)11-27-21/h7-13,15,19H,6,25H2,1-5H3,(H,30,31)/t13-,15-,19-/m0/s1. The molecule has 14 heteroatoms. The summed E-state index contributed by atoms with van der Waals surface area (Å²) >= 11 is 5.86. The van der Waals surface area contributed by atoms with E-state index in [0.29, 0.717) is 35.1 Å². The Kier molecular flexibility index (Phi) is 8.81. The maximum absolute atomic E-state index is 13.4. The minimum atomic E-state index is -4.04. The number of ether oxygens (including phenoxy) is 1. The molecule has 0 radical (unpaired) electrons. The van der Waals surface area contributed by atoms with Crippen LogP contribution in [0.2, 0.25) is 5.02 Å². The first-order valence-corrected chi connectivity index (χ1v) is 13.3. The summed E-state index contributed by atoms with van der Waals surface area (Å²) in [5, 5.41) is 7.71. The van der Waals surface area contributed by atoms with E-state index in [9.17, 15) is 13.2 Å². The lowest BCUT2D eigenvalue weighted by Crippen LogP contribution is -2.32. The molecule has 198 valence electrons. The molecule has 3 aromatic heterocycles. The van der Waals surface area contributed by atoms with Gasteiger partial charge in [0.1, 0.15) is 17.8 Å². The maximum Gasteiger partial charge on any atom is 0.239 e. The summed E-state index contributed by atoms with van der Waals surface area (Å²) < 4.78 is 36.2. The van der Waals surface area contributed by atoms with Crippen molar-refractivity contribution in [3.05, 3.63) is 52.7 Å². The van der Waals surface area contributed by atoms with Gasteiger partial charge in [0.25, 0.3) is 0 Å². The van der Waals surface area contributed by atoms with Crippen LogP contribution in [-0.2, 0) is 14.8 Å². The molecular formula is C23H29ClN8O4S. The Hall–Kier alpha value is -3.58. The van der Waals surface area contributed by atoms with Crippen molar-refractivity contribution < 1.29 is 17.9 Å². The third-order valence-electron chi connectivity index (χ3n) is 5.97. The van der Waals surface area contributed by atoms with E-state index in [2.05, 4.69) is 29.9 Å². The fourth-order valence-electron chi connectivity index (χ4n) is 3.72. The number of rotatable bonds is 11. The first kappa shape index (κ1) is 28.0. The van der Waals surface area contributed by atoms with E-state index in [0.717, 1.165) is 0 Å². The molecular weight excluding hydrogens is 520 g/mol. The summed E-state index contributed by atoms with van der Waals surface area (Å²) in [4.78, 5) is 24.7. The number of anilines is 1. The number of allylic oxidation sites excluding steroid dienone is 2. The molecule has 3 rings (SSSR count). The summed E-state index contributed by atoms with van der Waals surface area (Å²) in [6, 6.07) is 4.38. The molecule has 0 aromatic carbocycles. The molecule has 0 aliphatic heterocycles. The number of carbonyl (C=O) groups is 1. The number of nitrogens with zero attached hydrogens (tertiary/aromatic N) is 6. The summed E-state index contributed by atoms with van der Waals surface area (Å²) in [7, 11) is -2.56. The molecule has 0 fully saturated rings. The van der Waals surface area contributed by atoms with Crippen molar-refractivity contribution in [1.29, 1.82) is 0 Å². The van der Waals surface area contributed by atoms with Gasteiger partial charge in [0.2, 0.25) is 21.9 Å². The van der Waals surface area contributed by atoms with Crippen LogP contribution in [-0.4, -0.2) is 56.8 Å². The second kappa shape index (κ2) is 11.6. The Bertz CT molecular complexity index is 1390. The number of aromatic nitrogens is 6. The van der Waals surface area contributed by atoms with Crippen molar-refractivity contribution in [1.82, 2.24) is 29.7 Å². The van der Waals surface area contributed by atoms with E-state index in [4.69, 9.17) is 22.1 Å². The second-order valence-electron chi connectivity index (χ2n) is 8.36. The number of methoxy groups -OCH3 is 1. The number of pyridine rings is 1. The van der Waals surface area contributed by atoms with Gasteiger partial charge < -0.3 is 10.5 Å². The number of carbonyl (C=O) groups excluding carboxylic acids is 1. The van der Waals surface area contributed by atoms with Crippen LogP contribution in [0.1, 0.15) is 51.9 Å². The molecule has 0 saturated heterocycles. The van der Waals surface area contributed by atoms with Crippen LogP contribution in [0.3, 0.4) is 0 Å². The highest BCUT2D eigenvalue weighted by molar-refractivity contribution is 7.93. The molecule has 0 bridgehead atoms. The zero-order valence-electron chi connectivity index (χ0n) is 21.1. The molecule has 3 aromatic rings. The normalized spacial score (nSPS) is 14.9. The molecule has 3 heterocycles. The van der Waals surface area contributed by atoms with Crippen molar-refractivity contribution in [3.63, 3.8) is 0 Å². The lowest BCUT2D eigenvalue weighted by atomic mass is 10.0. The van der Waals surface area contributed by atoms with E-state index in [1.165, 1.54) is 31.0 Å². The fourth-order valence-corrected chi connectivity index (χ4v) is 5.05. The van der Waals surface area contributed by atoms with Crippen molar-refractivity contribution >= 4 is 33.9 Å². The minimum absolute atomic E-state index is 0.0943. The highest BCUT2D eigenvalue weighted by Gasteiger charge is 2.33. The summed E-state index contributed by atoms with van der Waals surface area (Å²) in [6.07, 6.45) is 3.85. The number of nitrogens with one attached hydrogen (secondary N) is 1. The van der Waals surface area contributed by atoms with Crippen LogP contribution in [0.5, 0.6) is 5.88 Å². The molecule has 3 atom stereocenters. The third kappa shape index (κ3) is 6.05. The number of hydrogen-bond acceptors (Lipinski definition) is 10. The second-order valence-corrected chi connectivity index (χ2v) is 10.8. The zero-order valence-corrected chi connectivity index (χ0v) is 22.7. The largest absolute Gasteiger partial charge is 0.481 e. The molecule has 12 nitrogen and oxygen atoms in total. The van der Waals surface area contributed by atoms with Crippen molar-refractivity contribution in [2.75, 3.05) is 11.8 Å². The molecule has 0 aliphatic rings. The van der Waals surface area contributed by atoms with Gasteiger partial charge >= 0.3 is 0 Å². The van der Waals surface area contributed by atoms with Gasteiger partial charge in [0.15, 0.2) is 5.82 Å². The number of hydrogen-bond donors (Lipinski definition) is 2. The number of aldehydes is 1. The van der Waals surface area contributed by atoms with Crippen LogP contribution >= 0.6 is 11.6 Å². The van der Waals surface area contributed by atoms with Crippen molar-refractivity contribution in [2.45, 2.75) is 51.3 Å². The molecule has 0 saturated carbocycles. The molecule has 0 spiro atoms. The van der Waals surface area contributed by atoms with Gasteiger partial charge in [-0.15, -0.1) is 10.2 Å². The van der Waals surface area contributed by atoms with E-state index in [1.54, 1.807) is 32.0 Å². The SMILES string of the molecule is CC[C@@H](C(C=O)=C(C)N)n1c(NS(=O)(=O)[C@@H](C)[C@H](C)c2ncc(Cl)cn2)nnc1-c1cccc(OC)n1. The minimum Gasteiger partial charge on any atom is -0.481 e. The van der Waals surface area contributed by atoms with Gasteiger partial charge in [-0.05, 0) is 26.3 Å². The van der Waals surface area contributed by atoms with Gasteiger partial charge in [-0.1, -0.05) is 31.5 Å². The van der Waals surface area contributed by atoms with Crippen LogP contribution in [0.4, 0.5) is 5.95 Å². The maximum atomic E-state index is 13.4. The topological polar surface area (TPSA) is 168 Å². The average molecular weight is 549 g/mol. The van der Waals surface area contributed by atoms with Gasteiger partial charge in [-0.3, -0.25) is 14.1 Å². The van der Waals surface area contributed by atoms with E-state index in [-0.39, 0.29) is 23.0 Å². The molecule has 37 heavy (non-hydrogen) atoms. The van der Waals surface area contributed by atoms with E-state index in [1.807, 2.05) is 6.92 Å². The highest BCUT2D eigenvalue weighted by Crippen LogP contribution is 2.32. The number of sulfonamides is 1. The summed E-state index contributed by atoms with van der Waals surface area (Å²) in [5.41, 5.74) is 6.92. The smallest absolute Gasteiger partial charge is 0.239 e. The van der Waals surface area contributed by atoms with Crippen LogP contribution in [0, 0.1) is 0 Å². The van der Waals surface area contributed by atoms with Crippen molar-refractivity contribution in [2.24, 2.45) is 5.73 Å². The molecule has 3 N–H and O–H groups in total. The number of halogens is 1. The zero-order chi connectivity index (χ0) is 27.3. The Morgan fingerprint density at radius 3 is 2.49 bits per heavy atom. The van der Waals surface area contributed by atoms with Gasteiger partial charge in [0.05, 0.1) is 23.4 Å². The summed E-state index contributed by atoms with van der Waals surface area (Å²) in [5.74, 6) is 0.202. The molecule has 0 unspecified atom stereocenters. The average Bonchev–Trinajstić information content (AvgIpc) is 3.28. The predicted molar refractivity (Wildman–Crippen MR) is 140 cm³/mol.